The van der Waals surface area contributed by atoms with Crippen molar-refractivity contribution < 1.29 is 4.42 Å². The third-order valence-corrected chi connectivity index (χ3v) is 3.23. The van der Waals surface area contributed by atoms with E-state index >= 15 is 0 Å². The molecular formula is C13H15ClN2O. The van der Waals surface area contributed by atoms with Crippen molar-refractivity contribution in [3.63, 3.8) is 0 Å². The second kappa shape index (κ2) is 5.36. The molecule has 1 aromatic heterocycles. The molecule has 2 rings (SSSR count). The minimum atomic E-state index is 0.0589. The summed E-state index contributed by atoms with van der Waals surface area (Å²) in [4.78, 5) is 0. The first-order chi connectivity index (χ1) is 8.20. The highest BCUT2D eigenvalue weighted by Gasteiger charge is 2.12. The summed E-state index contributed by atoms with van der Waals surface area (Å²) in [7, 11) is 0. The van der Waals surface area contributed by atoms with Gasteiger partial charge in [-0.25, -0.2) is 0 Å². The molecule has 0 saturated carbocycles. The minimum absolute atomic E-state index is 0.0589. The van der Waals surface area contributed by atoms with Gasteiger partial charge in [-0.1, -0.05) is 23.7 Å². The predicted molar refractivity (Wildman–Crippen MR) is 68.7 cm³/mol. The average Bonchev–Trinajstić information content (AvgIpc) is 2.82. The van der Waals surface area contributed by atoms with E-state index in [-0.39, 0.29) is 6.04 Å². The van der Waals surface area contributed by atoms with Gasteiger partial charge in [0.2, 0.25) is 0 Å². The highest BCUT2D eigenvalue weighted by Crippen LogP contribution is 2.23. The molecule has 0 saturated heterocycles. The molecule has 0 fully saturated rings. The maximum absolute atomic E-state index is 6.00. The summed E-state index contributed by atoms with van der Waals surface area (Å²) >= 11 is 6.00. The van der Waals surface area contributed by atoms with Crippen LogP contribution in [0.2, 0.25) is 5.02 Å². The normalized spacial score (nSPS) is 12.6. The van der Waals surface area contributed by atoms with Gasteiger partial charge in [-0.2, -0.15) is 0 Å². The van der Waals surface area contributed by atoms with Crippen LogP contribution in [0, 0.1) is 6.92 Å². The number of hydrogen-bond acceptors (Lipinski definition) is 3. The number of hydrogen-bond donors (Lipinski definition) is 2. The minimum Gasteiger partial charge on any atom is -0.472 e. The molecule has 0 spiro atoms. The Labute approximate surface area is 106 Å². The second-order valence-corrected chi connectivity index (χ2v) is 4.47. The maximum atomic E-state index is 6.00. The van der Waals surface area contributed by atoms with Crippen molar-refractivity contribution in [2.75, 3.05) is 0 Å². The molecule has 0 aliphatic carbocycles. The Morgan fingerprint density at radius 3 is 2.82 bits per heavy atom. The summed E-state index contributed by atoms with van der Waals surface area (Å²) < 4.78 is 5.05. The van der Waals surface area contributed by atoms with Crippen LogP contribution in [-0.4, -0.2) is 0 Å². The molecule has 0 aliphatic rings. The Bertz CT molecular complexity index is 482. The quantitative estimate of drug-likeness (QED) is 0.648. The Kier molecular flexibility index (Phi) is 3.84. The average molecular weight is 251 g/mol. The zero-order valence-electron chi connectivity index (χ0n) is 9.61. The van der Waals surface area contributed by atoms with E-state index in [1.807, 2.05) is 31.2 Å². The number of benzene rings is 1. The zero-order valence-corrected chi connectivity index (χ0v) is 10.4. The Morgan fingerprint density at radius 1 is 1.41 bits per heavy atom. The number of nitrogens with two attached hydrogens (primary N) is 1. The Balaban J connectivity index is 2.20. The highest BCUT2D eigenvalue weighted by atomic mass is 35.5. The molecule has 1 atom stereocenters. The molecule has 0 bridgehead atoms. The Morgan fingerprint density at radius 2 is 2.24 bits per heavy atom. The lowest BCUT2D eigenvalue weighted by molar-refractivity contribution is 0.536. The molecule has 3 nitrogen and oxygen atoms in total. The van der Waals surface area contributed by atoms with E-state index in [0.29, 0.717) is 0 Å². The summed E-state index contributed by atoms with van der Waals surface area (Å²) in [5.74, 6) is 5.60. The van der Waals surface area contributed by atoms with E-state index < -0.39 is 0 Å². The van der Waals surface area contributed by atoms with Gasteiger partial charge in [0, 0.05) is 5.02 Å². The van der Waals surface area contributed by atoms with Crippen LogP contribution >= 0.6 is 11.6 Å². The molecule has 0 amide bonds. The molecule has 0 radical (unpaired) electrons. The maximum Gasteiger partial charge on any atom is 0.0935 e. The van der Waals surface area contributed by atoms with Crippen LogP contribution in [0.3, 0.4) is 0 Å². The molecule has 1 aromatic carbocycles. The van der Waals surface area contributed by atoms with Crippen LogP contribution in [0.4, 0.5) is 0 Å². The number of hydrazine groups is 1. The van der Waals surface area contributed by atoms with Gasteiger partial charge in [-0.05, 0) is 42.2 Å². The van der Waals surface area contributed by atoms with E-state index in [2.05, 4.69) is 5.43 Å². The van der Waals surface area contributed by atoms with Crippen molar-refractivity contribution in [2.45, 2.75) is 19.4 Å². The van der Waals surface area contributed by atoms with Crippen LogP contribution in [0.15, 0.2) is 41.2 Å². The highest BCUT2D eigenvalue weighted by molar-refractivity contribution is 6.31. The topological polar surface area (TPSA) is 51.2 Å². The molecule has 3 N–H and O–H groups in total. The van der Waals surface area contributed by atoms with Gasteiger partial charge in [0.1, 0.15) is 0 Å². The van der Waals surface area contributed by atoms with Crippen molar-refractivity contribution >= 4 is 11.6 Å². The largest absolute Gasteiger partial charge is 0.472 e. The van der Waals surface area contributed by atoms with Crippen molar-refractivity contribution in [3.05, 3.63) is 58.5 Å². The summed E-state index contributed by atoms with van der Waals surface area (Å²) in [5, 5.41) is 0.771. The van der Waals surface area contributed by atoms with E-state index in [1.54, 1.807) is 12.5 Å². The molecule has 1 heterocycles. The van der Waals surface area contributed by atoms with E-state index in [4.69, 9.17) is 21.9 Å². The second-order valence-electron chi connectivity index (χ2n) is 4.06. The number of rotatable bonds is 4. The van der Waals surface area contributed by atoms with Gasteiger partial charge in [-0.3, -0.25) is 11.3 Å². The van der Waals surface area contributed by atoms with Gasteiger partial charge in [0.15, 0.2) is 0 Å². The van der Waals surface area contributed by atoms with Gasteiger partial charge < -0.3 is 4.42 Å². The van der Waals surface area contributed by atoms with E-state index in [1.165, 1.54) is 0 Å². The third kappa shape index (κ3) is 2.88. The fourth-order valence-electron chi connectivity index (χ4n) is 1.80. The van der Waals surface area contributed by atoms with Gasteiger partial charge >= 0.3 is 0 Å². The molecule has 2 aromatic rings. The number of aryl methyl sites for hydroxylation is 1. The summed E-state index contributed by atoms with van der Waals surface area (Å²) in [6.45, 7) is 1.98. The molecule has 0 aliphatic heterocycles. The van der Waals surface area contributed by atoms with Gasteiger partial charge in [0.05, 0.1) is 18.6 Å². The predicted octanol–water partition coefficient (Wildman–Crippen LogP) is 2.99. The van der Waals surface area contributed by atoms with Gasteiger partial charge in [-0.15, -0.1) is 0 Å². The van der Waals surface area contributed by atoms with Crippen molar-refractivity contribution in [2.24, 2.45) is 5.84 Å². The lowest BCUT2D eigenvalue weighted by Gasteiger charge is -2.16. The zero-order chi connectivity index (χ0) is 12.3. The molecular weight excluding hydrogens is 236 g/mol. The fourth-order valence-corrected chi connectivity index (χ4v) is 1.92. The number of nitrogens with one attached hydrogen (secondary N) is 1. The number of halogens is 1. The van der Waals surface area contributed by atoms with E-state index in [9.17, 15) is 0 Å². The van der Waals surface area contributed by atoms with Gasteiger partial charge in [0.25, 0.3) is 0 Å². The molecule has 17 heavy (non-hydrogen) atoms. The van der Waals surface area contributed by atoms with Crippen molar-refractivity contribution in [1.82, 2.24) is 5.43 Å². The molecule has 1 unspecified atom stereocenters. The standard InChI is InChI=1S/C13H15ClN2O/c1-9-6-11(2-3-12(9)14)13(16-15)7-10-4-5-17-8-10/h2-6,8,13,16H,7,15H2,1H3. The van der Waals surface area contributed by atoms with Crippen LogP contribution in [0.1, 0.15) is 22.7 Å². The first-order valence-corrected chi connectivity index (χ1v) is 5.81. The summed E-state index contributed by atoms with van der Waals surface area (Å²) in [6, 6.07) is 7.93. The number of furan rings is 1. The van der Waals surface area contributed by atoms with Crippen LogP contribution in [0.25, 0.3) is 0 Å². The van der Waals surface area contributed by atoms with Crippen molar-refractivity contribution in [1.29, 1.82) is 0 Å². The monoisotopic (exact) mass is 250 g/mol. The Hall–Kier alpha value is -1.29. The summed E-state index contributed by atoms with van der Waals surface area (Å²) in [6.07, 6.45) is 4.18. The van der Waals surface area contributed by atoms with Crippen LogP contribution in [0.5, 0.6) is 0 Å². The smallest absolute Gasteiger partial charge is 0.0935 e. The SMILES string of the molecule is Cc1cc(C(Cc2ccoc2)NN)ccc1Cl. The lowest BCUT2D eigenvalue weighted by Crippen LogP contribution is -2.29. The molecule has 90 valence electrons. The van der Waals surface area contributed by atoms with Crippen LogP contribution < -0.4 is 11.3 Å². The third-order valence-electron chi connectivity index (χ3n) is 2.81. The van der Waals surface area contributed by atoms with Crippen molar-refractivity contribution in [3.8, 4) is 0 Å². The lowest BCUT2D eigenvalue weighted by atomic mass is 9.99. The molecule has 4 heteroatoms. The summed E-state index contributed by atoms with van der Waals surface area (Å²) in [5.41, 5.74) is 6.10. The first-order valence-electron chi connectivity index (χ1n) is 5.44. The fraction of sp³-hybridized carbons (Fsp3) is 0.231. The van der Waals surface area contributed by atoms with Crippen LogP contribution in [-0.2, 0) is 6.42 Å². The first kappa shape index (κ1) is 12.2. The van der Waals surface area contributed by atoms with E-state index in [0.717, 1.165) is 28.1 Å².